The molecule has 3 aliphatic carbocycles. The Bertz CT molecular complexity index is 1390. The minimum Gasteiger partial charge on any atom is -0.244 e. The SMILES string of the molecule is CC.CC(C)(C(F)(F)F)C(F)(F)F.CC(C)C(F)(F)F.CC1(F)CC1.CCC.CCC(C)(C(F)(F)F)C(F)(F)F.CCC(C)(C)C.CCC(C)(C)C.CCC(C)(F)F.CCC(C)C(F)(F)F.CCC1(C)CCCC1.CCC1CCC(C)(C)CC1. The maximum absolute atomic E-state index is 11.9. The van der Waals surface area contributed by atoms with E-state index in [9.17, 15) is 92.2 Å². The summed E-state index contributed by atoms with van der Waals surface area (Å²) in [5.74, 6) is -3.76. The third-order valence-electron chi connectivity index (χ3n) is 14.6. The summed E-state index contributed by atoms with van der Waals surface area (Å²) in [4.78, 5) is 0. The van der Waals surface area contributed by atoms with Crippen molar-refractivity contribution in [2.45, 2.75) is 358 Å². The van der Waals surface area contributed by atoms with Crippen LogP contribution >= 0.6 is 0 Å². The highest BCUT2D eigenvalue weighted by Crippen LogP contribution is 2.52. The molecular formula is C63H123F21. The van der Waals surface area contributed by atoms with Crippen LogP contribution in [0, 0.1) is 50.2 Å². The molecule has 84 heavy (non-hydrogen) atoms. The second-order valence-corrected chi connectivity index (χ2v) is 26.6. The third kappa shape index (κ3) is 60.8. The van der Waals surface area contributed by atoms with Crippen molar-refractivity contribution in [1.29, 1.82) is 0 Å². The van der Waals surface area contributed by atoms with Gasteiger partial charge in [-0.3, -0.25) is 0 Å². The minimum atomic E-state index is -5.24. The van der Waals surface area contributed by atoms with Crippen molar-refractivity contribution in [2.24, 2.45) is 50.2 Å². The molecule has 0 bridgehead atoms. The monoisotopic (exact) mass is 1280 g/mol. The van der Waals surface area contributed by atoms with Gasteiger partial charge in [0, 0.05) is 12.3 Å². The summed E-state index contributed by atoms with van der Waals surface area (Å²) in [6.07, 6.45) is -9.95. The minimum absolute atomic E-state index is 0.0625. The zero-order valence-corrected chi connectivity index (χ0v) is 57.4. The van der Waals surface area contributed by atoms with E-state index in [1.54, 1.807) is 6.92 Å². The third-order valence-corrected chi connectivity index (χ3v) is 14.6. The van der Waals surface area contributed by atoms with Crippen molar-refractivity contribution in [3.05, 3.63) is 0 Å². The number of hydrogen-bond donors (Lipinski definition) is 0. The molecule has 0 nitrogen and oxygen atoms in total. The largest absolute Gasteiger partial charge is 0.402 e. The molecule has 0 radical (unpaired) electrons. The molecule has 0 amide bonds. The predicted octanol–water partition coefficient (Wildman–Crippen LogP) is 28.9. The van der Waals surface area contributed by atoms with E-state index in [0.29, 0.717) is 16.2 Å². The maximum atomic E-state index is 11.9. The Morgan fingerprint density at radius 2 is 0.667 bits per heavy atom. The van der Waals surface area contributed by atoms with Crippen molar-refractivity contribution in [3.8, 4) is 0 Å². The first-order valence-corrected chi connectivity index (χ1v) is 30.2. The lowest BCUT2D eigenvalue weighted by Gasteiger charge is -2.33. The molecule has 0 aromatic rings. The van der Waals surface area contributed by atoms with Gasteiger partial charge in [-0.2, -0.15) is 79.0 Å². The van der Waals surface area contributed by atoms with Gasteiger partial charge in [-0.05, 0) is 126 Å². The number of halogens is 21. The smallest absolute Gasteiger partial charge is 0.244 e. The number of alkyl halides is 21. The molecule has 3 rings (SSSR count). The molecule has 1 unspecified atom stereocenters. The average Bonchev–Trinajstić information content (AvgIpc) is 3.84. The Kier molecular flexibility index (Phi) is 53.2. The second-order valence-electron chi connectivity index (χ2n) is 26.6. The summed E-state index contributed by atoms with van der Waals surface area (Å²) in [6, 6.07) is 0. The highest BCUT2D eigenvalue weighted by molar-refractivity contribution is 4.89. The van der Waals surface area contributed by atoms with E-state index in [2.05, 4.69) is 104 Å². The summed E-state index contributed by atoms with van der Waals surface area (Å²) < 4.78 is 244. The van der Waals surface area contributed by atoms with Gasteiger partial charge in [-0.1, -0.05) is 204 Å². The molecule has 0 aliphatic heterocycles. The topological polar surface area (TPSA) is 0 Å². The molecular weight excluding hydrogens is 1160 g/mol. The van der Waals surface area contributed by atoms with Crippen LogP contribution in [0.3, 0.4) is 0 Å². The quantitative estimate of drug-likeness (QED) is 0.241. The lowest BCUT2D eigenvalue weighted by Crippen LogP contribution is -2.47. The molecule has 0 spiro atoms. The van der Waals surface area contributed by atoms with E-state index in [4.69, 9.17) is 0 Å². The van der Waals surface area contributed by atoms with Crippen LogP contribution < -0.4 is 0 Å². The van der Waals surface area contributed by atoms with E-state index < -0.39 is 77.7 Å². The zero-order chi connectivity index (χ0) is 70.5. The fourth-order valence-corrected chi connectivity index (χ4v) is 4.58. The first kappa shape index (κ1) is 101. The Hall–Kier alpha value is -1.47. The van der Waals surface area contributed by atoms with Gasteiger partial charge in [-0.15, -0.1) is 0 Å². The molecule has 0 aromatic carbocycles. The van der Waals surface area contributed by atoms with Gasteiger partial charge in [0.2, 0.25) is 5.92 Å². The first-order chi connectivity index (χ1) is 36.7. The first-order valence-electron chi connectivity index (χ1n) is 30.2. The van der Waals surface area contributed by atoms with Gasteiger partial charge in [0.05, 0.1) is 5.92 Å². The normalized spacial score (nSPS) is 17.1. The van der Waals surface area contributed by atoms with Crippen molar-refractivity contribution in [3.63, 3.8) is 0 Å². The fourth-order valence-electron chi connectivity index (χ4n) is 4.58. The molecule has 0 aromatic heterocycles. The second kappa shape index (κ2) is 44.1. The number of hydrogen-bond acceptors (Lipinski definition) is 0. The van der Waals surface area contributed by atoms with Crippen LogP contribution in [0.1, 0.15) is 309 Å². The van der Waals surface area contributed by atoms with Gasteiger partial charge in [0.15, 0.2) is 10.8 Å². The molecule has 522 valence electrons. The lowest BCUT2D eigenvalue weighted by molar-refractivity contribution is -0.335. The van der Waals surface area contributed by atoms with Crippen LogP contribution in [0.15, 0.2) is 0 Å². The molecule has 0 heterocycles. The lowest BCUT2D eigenvalue weighted by atomic mass is 9.72. The van der Waals surface area contributed by atoms with Crippen LogP contribution in [0.4, 0.5) is 92.2 Å². The van der Waals surface area contributed by atoms with Crippen molar-refractivity contribution in [2.75, 3.05) is 0 Å². The molecule has 21 heteroatoms. The van der Waals surface area contributed by atoms with E-state index in [0.717, 1.165) is 51.9 Å². The zero-order valence-electron chi connectivity index (χ0n) is 57.4. The Balaban J connectivity index is -0.000000106. The average molecular weight is 1280 g/mol. The molecule has 1 atom stereocenters. The summed E-state index contributed by atoms with van der Waals surface area (Å²) in [6.45, 7) is 48.2. The van der Waals surface area contributed by atoms with E-state index in [1.165, 1.54) is 104 Å². The van der Waals surface area contributed by atoms with Crippen molar-refractivity contribution in [1.82, 2.24) is 0 Å². The highest BCUT2D eigenvalue weighted by Gasteiger charge is 2.66. The van der Waals surface area contributed by atoms with E-state index >= 15 is 0 Å². The molecule has 3 aliphatic rings. The fraction of sp³-hybridized carbons (Fsp3) is 1.00. The van der Waals surface area contributed by atoms with Gasteiger partial charge in [-0.25, -0.2) is 13.2 Å². The predicted molar refractivity (Wildman–Crippen MR) is 312 cm³/mol. The molecule has 0 N–H and O–H groups in total. The number of rotatable bonds is 5. The van der Waals surface area contributed by atoms with E-state index in [-0.39, 0.29) is 33.6 Å². The Morgan fingerprint density at radius 3 is 0.738 bits per heavy atom. The van der Waals surface area contributed by atoms with Crippen LogP contribution in [0.2, 0.25) is 0 Å². The summed E-state index contributed by atoms with van der Waals surface area (Å²) in [5.41, 5.74) is -5.48. The molecule has 0 saturated heterocycles. The van der Waals surface area contributed by atoms with Gasteiger partial charge in [0.25, 0.3) is 0 Å². The van der Waals surface area contributed by atoms with Crippen LogP contribution in [0.25, 0.3) is 0 Å². The highest BCUT2D eigenvalue weighted by atomic mass is 19.4. The summed E-state index contributed by atoms with van der Waals surface area (Å²) >= 11 is 0. The van der Waals surface area contributed by atoms with Crippen LogP contribution in [-0.2, 0) is 0 Å². The molecule has 3 fully saturated rings. The van der Waals surface area contributed by atoms with E-state index in [1.807, 2.05) is 13.8 Å². The van der Waals surface area contributed by atoms with Crippen molar-refractivity contribution >= 4 is 0 Å². The Labute approximate surface area is 499 Å². The van der Waals surface area contributed by atoms with Crippen LogP contribution in [0.5, 0.6) is 0 Å². The summed E-state index contributed by atoms with van der Waals surface area (Å²) in [5, 5.41) is 0. The Morgan fingerprint density at radius 1 is 0.417 bits per heavy atom. The van der Waals surface area contributed by atoms with Gasteiger partial charge < -0.3 is 0 Å². The van der Waals surface area contributed by atoms with Crippen molar-refractivity contribution < 1.29 is 92.2 Å². The van der Waals surface area contributed by atoms with Gasteiger partial charge in [0.1, 0.15) is 5.67 Å². The standard InChI is InChI=1S/C10H20.C8H16.C6H8F6.2C6H14.C5H6F6.C5H9F3.C4H7F3.C4H8F2.C4H7F.C3H8.C2H6/c1-4-9-5-7-10(2,3)8-6-9;1-3-8(2)6-4-5-7-8;1-3-4(2,5(7,8)9)6(10,11)12;2*1-5-6(2,3)4;1-3(2,4(6,7)8)5(9,10)11;1-3-4(2)5(6,7)8;1-3(2)4(5,6)7;1-3-4(2,5)6;1-4(5)2-3-4;1-3-2;1-2/h9H,4-8H2,1-3H3;3-7H2,1-2H3;3H2,1-2H3;2*5H2,1-4H3;1-2H3;4H,3H2,1-2H3;3H,1-2H3;3H2,1-2H3;2-3H2,1H3;3H2,1-2H3;1-2H3. The summed E-state index contributed by atoms with van der Waals surface area (Å²) in [7, 11) is 0. The van der Waals surface area contributed by atoms with Gasteiger partial charge >= 0.3 is 37.1 Å². The maximum Gasteiger partial charge on any atom is 0.402 e. The van der Waals surface area contributed by atoms with Crippen LogP contribution in [-0.4, -0.2) is 48.6 Å². The molecule has 3 saturated carbocycles.